The summed E-state index contributed by atoms with van der Waals surface area (Å²) < 4.78 is 17.5. The summed E-state index contributed by atoms with van der Waals surface area (Å²) in [7, 11) is 0. The second-order valence-electron chi connectivity index (χ2n) is 10.2. The van der Waals surface area contributed by atoms with Crippen molar-refractivity contribution in [2.75, 3.05) is 18.0 Å². The number of allylic oxidation sites excluding steroid dienone is 1. The van der Waals surface area contributed by atoms with Gasteiger partial charge in [0.1, 0.15) is 16.9 Å². The molecule has 1 aromatic heterocycles. The third-order valence-corrected chi connectivity index (χ3v) is 5.50. The van der Waals surface area contributed by atoms with Crippen molar-refractivity contribution in [2.24, 2.45) is 0 Å². The van der Waals surface area contributed by atoms with Gasteiger partial charge in [0.25, 0.3) is 6.01 Å². The monoisotopic (exact) mass is 478 g/mol. The van der Waals surface area contributed by atoms with Gasteiger partial charge in [-0.15, -0.1) is 6.58 Å². The van der Waals surface area contributed by atoms with E-state index in [4.69, 9.17) is 18.9 Å². The molecule has 0 spiro atoms. The Morgan fingerprint density at radius 1 is 1.03 bits per heavy atom. The first kappa shape index (κ1) is 26.3. The van der Waals surface area contributed by atoms with Gasteiger partial charge in [0, 0.05) is 13.1 Å². The first-order chi connectivity index (χ1) is 16.6. The van der Waals surface area contributed by atoms with E-state index in [1.807, 2.05) is 75.4 Å². The van der Waals surface area contributed by atoms with Crippen molar-refractivity contribution in [1.29, 1.82) is 0 Å². The minimum absolute atomic E-state index is 0.389. The molecule has 188 valence electrons. The average molecular weight is 479 g/mol. The molecule has 2 aromatic carbocycles. The van der Waals surface area contributed by atoms with E-state index in [0.29, 0.717) is 11.8 Å². The molecule has 3 rings (SSSR count). The fourth-order valence-corrected chi connectivity index (χ4v) is 3.62. The first-order valence-electron chi connectivity index (χ1n) is 12.3. The molecule has 0 aliphatic heterocycles. The summed E-state index contributed by atoms with van der Waals surface area (Å²) in [5, 5.41) is 0. The highest BCUT2D eigenvalue weighted by Crippen LogP contribution is 2.24. The van der Waals surface area contributed by atoms with Crippen LogP contribution in [0.5, 0.6) is 5.75 Å². The van der Waals surface area contributed by atoms with Crippen molar-refractivity contribution in [3.8, 4) is 5.75 Å². The number of hydrogen-bond donors (Lipinski definition) is 0. The summed E-state index contributed by atoms with van der Waals surface area (Å²) in [6.07, 6.45) is 5.91. The zero-order valence-electron chi connectivity index (χ0n) is 21.7. The van der Waals surface area contributed by atoms with E-state index >= 15 is 0 Å². The van der Waals surface area contributed by atoms with Gasteiger partial charge < -0.3 is 18.8 Å². The van der Waals surface area contributed by atoms with Crippen LogP contribution in [0.4, 0.5) is 6.01 Å². The van der Waals surface area contributed by atoms with Crippen molar-refractivity contribution in [3.05, 3.63) is 66.7 Å². The number of aromatic nitrogens is 1. The van der Waals surface area contributed by atoms with E-state index < -0.39 is 11.2 Å². The van der Waals surface area contributed by atoms with Crippen molar-refractivity contribution < 1.29 is 18.7 Å². The maximum atomic E-state index is 12.5. The van der Waals surface area contributed by atoms with E-state index in [0.717, 1.165) is 49.9 Å². The molecule has 0 aliphatic rings. The van der Waals surface area contributed by atoms with Gasteiger partial charge in [0.15, 0.2) is 11.2 Å². The average Bonchev–Trinajstić information content (AvgIpc) is 3.22. The fourth-order valence-electron chi connectivity index (χ4n) is 3.62. The smallest absolute Gasteiger partial charge is 0.350 e. The van der Waals surface area contributed by atoms with Crippen LogP contribution in [0.15, 0.2) is 65.6 Å². The lowest BCUT2D eigenvalue weighted by Crippen LogP contribution is -2.43. The van der Waals surface area contributed by atoms with Crippen LogP contribution in [0.25, 0.3) is 11.1 Å². The standard InChI is InChI=1S/C29H38N2O4/c1-7-8-9-12-20-31(27-30-24-13-10-11-14-25(24)33-27)21-19-22-15-17-23(18-16-22)34-29(5,6)26(32)35-28(2,3)4/h7,10-11,13-18H,1,8-9,12,19-21H2,2-6H3. The highest BCUT2D eigenvalue weighted by atomic mass is 16.6. The number of carbonyl (C=O) groups excluding carboxylic acids is 1. The summed E-state index contributed by atoms with van der Waals surface area (Å²) in [6.45, 7) is 14.4. The highest BCUT2D eigenvalue weighted by Gasteiger charge is 2.34. The van der Waals surface area contributed by atoms with Gasteiger partial charge >= 0.3 is 5.97 Å². The second-order valence-corrected chi connectivity index (χ2v) is 10.2. The quantitative estimate of drug-likeness (QED) is 0.163. The molecule has 0 unspecified atom stereocenters. The number of fused-ring (bicyclic) bond motifs is 1. The third kappa shape index (κ3) is 7.88. The maximum Gasteiger partial charge on any atom is 0.350 e. The molecule has 3 aromatic rings. The molecule has 1 heterocycles. The van der Waals surface area contributed by atoms with Gasteiger partial charge in [0.05, 0.1) is 0 Å². The van der Waals surface area contributed by atoms with E-state index in [9.17, 15) is 4.79 Å². The normalized spacial score (nSPS) is 11.9. The van der Waals surface area contributed by atoms with Crippen LogP contribution in [0.2, 0.25) is 0 Å². The highest BCUT2D eigenvalue weighted by molar-refractivity contribution is 5.79. The molecule has 0 N–H and O–H groups in total. The van der Waals surface area contributed by atoms with Crippen molar-refractivity contribution in [1.82, 2.24) is 4.98 Å². The second kappa shape index (κ2) is 11.4. The Balaban J connectivity index is 1.63. The van der Waals surface area contributed by atoms with Gasteiger partial charge in [-0.2, -0.15) is 4.98 Å². The summed E-state index contributed by atoms with van der Waals surface area (Å²) in [4.78, 5) is 19.4. The lowest BCUT2D eigenvalue weighted by Gasteiger charge is -2.29. The van der Waals surface area contributed by atoms with Gasteiger partial charge in [-0.3, -0.25) is 0 Å². The van der Waals surface area contributed by atoms with Crippen LogP contribution in [0, 0.1) is 0 Å². The van der Waals surface area contributed by atoms with Crippen LogP contribution in [-0.2, 0) is 16.0 Å². The van der Waals surface area contributed by atoms with E-state index in [-0.39, 0.29) is 5.97 Å². The summed E-state index contributed by atoms with van der Waals surface area (Å²) in [5.41, 5.74) is 1.19. The molecule has 0 bridgehead atoms. The predicted octanol–water partition coefficient (Wildman–Crippen LogP) is 6.73. The number of esters is 1. The van der Waals surface area contributed by atoms with Crippen LogP contribution in [0.3, 0.4) is 0 Å². The van der Waals surface area contributed by atoms with Crippen LogP contribution in [-0.4, -0.2) is 35.2 Å². The molecule has 0 saturated carbocycles. The van der Waals surface area contributed by atoms with Gasteiger partial charge in [-0.1, -0.05) is 30.3 Å². The molecule has 0 aliphatic carbocycles. The van der Waals surface area contributed by atoms with Crippen LogP contribution >= 0.6 is 0 Å². The van der Waals surface area contributed by atoms with Gasteiger partial charge in [-0.25, -0.2) is 4.79 Å². The number of hydrogen-bond acceptors (Lipinski definition) is 6. The minimum atomic E-state index is -1.08. The molecule has 0 fully saturated rings. The predicted molar refractivity (Wildman–Crippen MR) is 141 cm³/mol. The molecular formula is C29H38N2O4. The van der Waals surface area contributed by atoms with E-state index in [1.54, 1.807) is 13.8 Å². The maximum absolute atomic E-state index is 12.5. The van der Waals surface area contributed by atoms with E-state index in [1.165, 1.54) is 5.56 Å². The Hall–Kier alpha value is -3.28. The summed E-state index contributed by atoms with van der Waals surface area (Å²) in [6, 6.07) is 16.4. The Labute approximate surface area is 208 Å². The zero-order chi connectivity index (χ0) is 25.5. The first-order valence-corrected chi connectivity index (χ1v) is 12.3. The molecule has 6 heteroatoms. The number of oxazole rings is 1. The van der Waals surface area contributed by atoms with Crippen LogP contribution in [0.1, 0.15) is 59.4 Å². The van der Waals surface area contributed by atoms with Gasteiger partial charge in [-0.05, 0) is 90.1 Å². The Morgan fingerprint density at radius 2 is 1.74 bits per heavy atom. The number of nitrogens with zero attached hydrogens (tertiary/aromatic N) is 2. The number of anilines is 1. The number of para-hydroxylation sites is 2. The lowest BCUT2D eigenvalue weighted by molar-refractivity contribution is -0.170. The summed E-state index contributed by atoms with van der Waals surface area (Å²) in [5.74, 6) is 0.240. The molecule has 6 nitrogen and oxygen atoms in total. The number of ether oxygens (including phenoxy) is 2. The fraction of sp³-hybridized carbons (Fsp3) is 0.448. The SMILES string of the molecule is C=CCCCCN(CCc1ccc(OC(C)(C)C(=O)OC(C)(C)C)cc1)c1nc2ccccc2o1. The third-order valence-electron chi connectivity index (χ3n) is 5.50. The number of benzene rings is 2. The zero-order valence-corrected chi connectivity index (χ0v) is 21.7. The largest absolute Gasteiger partial charge is 0.476 e. The van der Waals surface area contributed by atoms with E-state index in [2.05, 4.69) is 11.5 Å². The molecular weight excluding hydrogens is 440 g/mol. The lowest BCUT2D eigenvalue weighted by atomic mass is 10.1. The van der Waals surface area contributed by atoms with Crippen molar-refractivity contribution >= 4 is 23.1 Å². The molecule has 35 heavy (non-hydrogen) atoms. The van der Waals surface area contributed by atoms with Crippen LogP contribution < -0.4 is 9.64 Å². The molecule has 0 atom stereocenters. The minimum Gasteiger partial charge on any atom is -0.476 e. The Morgan fingerprint density at radius 3 is 2.40 bits per heavy atom. The number of unbranched alkanes of at least 4 members (excludes halogenated alkanes) is 2. The summed E-state index contributed by atoms with van der Waals surface area (Å²) >= 11 is 0. The number of rotatable bonds is 12. The van der Waals surface area contributed by atoms with Crippen molar-refractivity contribution in [2.45, 2.75) is 71.5 Å². The molecule has 0 radical (unpaired) electrons. The molecule has 0 saturated heterocycles. The topological polar surface area (TPSA) is 64.8 Å². The Kier molecular flexibility index (Phi) is 8.60. The number of carbonyl (C=O) groups is 1. The molecule has 0 amide bonds. The Bertz CT molecular complexity index is 1080. The van der Waals surface area contributed by atoms with Gasteiger partial charge in [0.2, 0.25) is 0 Å². The van der Waals surface area contributed by atoms with Crippen molar-refractivity contribution in [3.63, 3.8) is 0 Å².